The van der Waals surface area contributed by atoms with Crippen molar-refractivity contribution in [2.45, 2.75) is 69.3 Å². The SMILES string of the molecule is CCCC1(O)CC[C@@]2(Cc3cccc(NC#N)c3)c3ccc(O)cc3CC[C@H]2C1. The summed E-state index contributed by atoms with van der Waals surface area (Å²) in [5.74, 6) is 0.744. The number of fused-ring (bicyclic) bond motifs is 3. The molecule has 0 aromatic heterocycles. The summed E-state index contributed by atoms with van der Waals surface area (Å²) in [6, 6.07) is 14.0. The van der Waals surface area contributed by atoms with Crippen LogP contribution in [0.2, 0.25) is 0 Å². The Hall–Kier alpha value is -2.51. The number of benzene rings is 2. The van der Waals surface area contributed by atoms with Gasteiger partial charge in [0.15, 0.2) is 6.19 Å². The van der Waals surface area contributed by atoms with Crippen LogP contribution in [0.3, 0.4) is 0 Å². The number of aryl methyl sites for hydroxylation is 1. The van der Waals surface area contributed by atoms with Crippen LogP contribution in [-0.2, 0) is 18.3 Å². The molecule has 29 heavy (non-hydrogen) atoms. The number of anilines is 1. The molecule has 0 radical (unpaired) electrons. The highest BCUT2D eigenvalue weighted by Gasteiger charge is 2.51. The molecule has 2 aliphatic rings. The highest BCUT2D eigenvalue weighted by atomic mass is 16.3. The van der Waals surface area contributed by atoms with Crippen LogP contribution in [-0.4, -0.2) is 15.8 Å². The summed E-state index contributed by atoms with van der Waals surface area (Å²) in [4.78, 5) is 0. The van der Waals surface area contributed by atoms with Crippen molar-refractivity contribution < 1.29 is 10.2 Å². The van der Waals surface area contributed by atoms with Crippen molar-refractivity contribution in [2.24, 2.45) is 5.92 Å². The van der Waals surface area contributed by atoms with Crippen LogP contribution in [0.15, 0.2) is 42.5 Å². The molecule has 0 amide bonds. The molecule has 0 bridgehead atoms. The molecule has 1 fully saturated rings. The number of hydrogen-bond donors (Lipinski definition) is 3. The molecule has 2 aromatic carbocycles. The van der Waals surface area contributed by atoms with Gasteiger partial charge in [-0.05, 0) is 91.8 Å². The second-order valence-electron chi connectivity index (χ2n) is 9.03. The zero-order chi connectivity index (χ0) is 20.5. The molecule has 3 atom stereocenters. The predicted molar refractivity (Wildman–Crippen MR) is 115 cm³/mol. The molecule has 0 spiro atoms. The number of hydrogen-bond acceptors (Lipinski definition) is 4. The van der Waals surface area contributed by atoms with E-state index in [9.17, 15) is 10.2 Å². The van der Waals surface area contributed by atoms with Gasteiger partial charge >= 0.3 is 0 Å². The summed E-state index contributed by atoms with van der Waals surface area (Å²) in [6.07, 6.45) is 9.36. The fraction of sp³-hybridized carbons (Fsp3) is 0.480. The van der Waals surface area contributed by atoms with Crippen LogP contribution in [0.4, 0.5) is 5.69 Å². The van der Waals surface area contributed by atoms with E-state index in [1.165, 1.54) is 16.7 Å². The van der Waals surface area contributed by atoms with E-state index in [0.717, 1.165) is 57.1 Å². The molecule has 0 heterocycles. The number of nitrogens with one attached hydrogen (secondary N) is 1. The van der Waals surface area contributed by atoms with Gasteiger partial charge in [0.05, 0.1) is 5.60 Å². The topological polar surface area (TPSA) is 76.3 Å². The number of nitrogens with zero attached hydrogens (tertiary/aromatic N) is 1. The van der Waals surface area contributed by atoms with E-state index in [0.29, 0.717) is 11.7 Å². The predicted octanol–water partition coefficient (Wildman–Crippen LogP) is 5.04. The normalized spacial score (nSPS) is 28.1. The number of aromatic hydroxyl groups is 1. The molecule has 3 N–H and O–H groups in total. The molecular formula is C25H30N2O2. The van der Waals surface area contributed by atoms with E-state index >= 15 is 0 Å². The van der Waals surface area contributed by atoms with Crippen molar-refractivity contribution in [1.29, 1.82) is 5.26 Å². The van der Waals surface area contributed by atoms with E-state index in [2.05, 4.69) is 30.4 Å². The van der Waals surface area contributed by atoms with E-state index in [1.54, 1.807) is 0 Å². The third kappa shape index (κ3) is 3.72. The Morgan fingerprint density at radius 2 is 2.07 bits per heavy atom. The van der Waals surface area contributed by atoms with Gasteiger partial charge in [0.25, 0.3) is 0 Å². The molecule has 4 heteroatoms. The molecule has 1 saturated carbocycles. The second-order valence-corrected chi connectivity index (χ2v) is 9.03. The van der Waals surface area contributed by atoms with Crippen molar-refractivity contribution in [1.82, 2.24) is 0 Å². The fourth-order valence-electron chi connectivity index (χ4n) is 5.96. The summed E-state index contributed by atoms with van der Waals surface area (Å²) in [5, 5.41) is 33.0. The van der Waals surface area contributed by atoms with Gasteiger partial charge in [-0.15, -0.1) is 0 Å². The summed E-state index contributed by atoms with van der Waals surface area (Å²) in [6.45, 7) is 2.15. The highest BCUT2D eigenvalue weighted by molar-refractivity contribution is 5.50. The molecule has 1 unspecified atom stereocenters. The Balaban J connectivity index is 1.75. The minimum Gasteiger partial charge on any atom is -0.508 e. The van der Waals surface area contributed by atoms with Crippen molar-refractivity contribution in [2.75, 3.05) is 5.32 Å². The number of aliphatic hydroxyl groups is 1. The molecule has 152 valence electrons. The number of nitriles is 1. The first-order chi connectivity index (χ1) is 14.0. The second kappa shape index (κ2) is 7.72. The average molecular weight is 391 g/mol. The zero-order valence-corrected chi connectivity index (χ0v) is 17.1. The van der Waals surface area contributed by atoms with Crippen LogP contribution in [0.1, 0.15) is 62.1 Å². The van der Waals surface area contributed by atoms with E-state index < -0.39 is 5.60 Å². The van der Waals surface area contributed by atoms with Crippen molar-refractivity contribution in [3.8, 4) is 11.9 Å². The maximum Gasteiger partial charge on any atom is 0.181 e. The van der Waals surface area contributed by atoms with Crippen LogP contribution in [0.5, 0.6) is 5.75 Å². The fourth-order valence-corrected chi connectivity index (χ4v) is 5.96. The molecule has 4 nitrogen and oxygen atoms in total. The molecule has 0 aliphatic heterocycles. The summed E-state index contributed by atoms with van der Waals surface area (Å²) < 4.78 is 0. The Kier molecular flexibility index (Phi) is 5.27. The van der Waals surface area contributed by atoms with Crippen LogP contribution < -0.4 is 5.32 Å². The van der Waals surface area contributed by atoms with Gasteiger partial charge in [-0.25, -0.2) is 0 Å². The first kappa shape index (κ1) is 19.8. The van der Waals surface area contributed by atoms with Crippen LogP contribution >= 0.6 is 0 Å². The summed E-state index contributed by atoms with van der Waals surface area (Å²) in [7, 11) is 0. The van der Waals surface area contributed by atoms with E-state index in [-0.39, 0.29) is 5.41 Å². The third-order valence-corrected chi connectivity index (χ3v) is 7.19. The highest BCUT2D eigenvalue weighted by Crippen LogP contribution is 2.55. The number of rotatable bonds is 5. The maximum atomic E-state index is 11.2. The monoisotopic (exact) mass is 390 g/mol. The lowest BCUT2D eigenvalue weighted by atomic mass is 9.52. The average Bonchev–Trinajstić information content (AvgIpc) is 2.69. The van der Waals surface area contributed by atoms with Gasteiger partial charge in [-0.1, -0.05) is 31.5 Å². The maximum absolute atomic E-state index is 11.2. The van der Waals surface area contributed by atoms with Crippen LogP contribution in [0, 0.1) is 17.4 Å². The summed E-state index contributed by atoms with van der Waals surface area (Å²) in [5.41, 5.74) is 4.01. The van der Waals surface area contributed by atoms with Crippen LogP contribution in [0.25, 0.3) is 0 Å². The van der Waals surface area contributed by atoms with E-state index in [4.69, 9.17) is 5.26 Å². The van der Waals surface area contributed by atoms with Gasteiger partial charge in [0.2, 0.25) is 0 Å². The molecule has 2 aliphatic carbocycles. The Morgan fingerprint density at radius 1 is 1.21 bits per heavy atom. The Bertz CT molecular complexity index is 935. The van der Waals surface area contributed by atoms with E-state index in [1.807, 2.05) is 30.5 Å². The van der Waals surface area contributed by atoms with Gasteiger partial charge in [0, 0.05) is 11.1 Å². The van der Waals surface area contributed by atoms with Gasteiger partial charge in [-0.3, -0.25) is 5.32 Å². The van der Waals surface area contributed by atoms with Gasteiger partial charge in [0.1, 0.15) is 5.75 Å². The quantitative estimate of drug-likeness (QED) is 0.494. The first-order valence-corrected chi connectivity index (χ1v) is 10.8. The Morgan fingerprint density at radius 3 is 2.86 bits per heavy atom. The lowest BCUT2D eigenvalue weighted by Gasteiger charge is -2.53. The van der Waals surface area contributed by atoms with Crippen molar-refractivity contribution in [3.63, 3.8) is 0 Å². The van der Waals surface area contributed by atoms with Crippen molar-refractivity contribution >= 4 is 5.69 Å². The summed E-state index contributed by atoms with van der Waals surface area (Å²) >= 11 is 0. The molecule has 4 rings (SSSR count). The van der Waals surface area contributed by atoms with Gasteiger partial charge in [-0.2, -0.15) is 5.26 Å². The molecular weight excluding hydrogens is 360 g/mol. The lowest BCUT2D eigenvalue weighted by Crippen LogP contribution is -2.51. The largest absolute Gasteiger partial charge is 0.508 e. The minimum atomic E-state index is -0.554. The van der Waals surface area contributed by atoms with Gasteiger partial charge < -0.3 is 10.2 Å². The van der Waals surface area contributed by atoms with Crippen molar-refractivity contribution in [3.05, 3.63) is 59.2 Å². The minimum absolute atomic E-state index is 0.0352. The molecule has 2 aromatic rings. The molecule has 0 saturated heterocycles. The number of phenolic OH excluding ortho intramolecular Hbond substituents is 1. The zero-order valence-electron chi connectivity index (χ0n) is 17.1. The lowest BCUT2D eigenvalue weighted by molar-refractivity contribution is -0.0565. The third-order valence-electron chi connectivity index (χ3n) is 7.19. The first-order valence-electron chi connectivity index (χ1n) is 10.8. The standard InChI is InChI=1S/C25H30N2O2/c1-2-10-24(29)11-12-25(15-18-4-3-5-21(13-18)27-17-26)20(16-24)7-6-19-14-22(28)8-9-23(19)25/h3-5,8-9,13-14,20,27-29H,2,6-7,10-12,15-16H2,1H3/t20-,24?,25-/m0/s1. The number of phenols is 1. The smallest absolute Gasteiger partial charge is 0.181 e. The Labute approximate surface area is 173 Å².